The molecule has 1 aromatic heterocycles. The predicted molar refractivity (Wildman–Crippen MR) is 127 cm³/mol. The van der Waals surface area contributed by atoms with E-state index in [1.54, 1.807) is 11.1 Å². The summed E-state index contributed by atoms with van der Waals surface area (Å²) in [6, 6.07) is 5.85. The third kappa shape index (κ3) is 6.36. The molecule has 2 heterocycles. The van der Waals surface area contributed by atoms with E-state index in [9.17, 15) is 14.5 Å². The van der Waals surface area contributed by atoms with E-state index in [4.69, 9.17) is 0 Å². The zero-order valence-corrected chi connectivity index (χ0v) is 21.3. The standard InChI is InChI=1S/C24H41N3O3S/c1-21(2,3)31(30)26-24(8,19-12-9-10-15-25-19)14-11-13-22(4,5)18-16-23(6,7)27(17-18)20(28)29/h9-10,12,15,18,26H,11,13-14,16-17H2,1-8H3,(H,28,29)/t18-,24?,31?/m1/s1. The van der Waals surface area contributed by atoms with Gasteiger partial charge in [-0.3, -0.25) is 4.98 Å². The summed E-state index contributed by atoms with van der Waals surface area (Å²) in [5.41, 5.74) is 0.0682. The smallest absolute Gasteiger partial charge is 0.407 e. The average Bonchev–Trinajstić information content (AvgIpc) is 2.98. The topological polar surface area (TPSA) is 88.5 Å². The largest absolute Gasteiger partial charge is 0.598 e. The SMILES string of the molecule is CC(CCCC(C)(C)[C@H]1CN(C(=O)O)C(C)(C)C1)(N[S+]([O-])C(C)(C)C)c1ccccn1. The highest BCUT2D eigenvalue weighted by Crippen LogP contribution is 2.45. The van der Waals surface area contributed by atoms with Crippen molar-refractivity contribution in [2.75, 3.05) is 6.54 Å². The minimum absolute atomic E-state index is 0.00960. The maximum Gasteiger partial charge on any atom is 0.407 e. The number of nitrogens with zero attached hydrogens (tertiary/aromatic N) is 2. The van der Waals surface area contributed by atoms with E-state index >= 15 is 0 Å². The molecule has 0 spiro atoms. The lowest BCUT2D eigenvalue weighted by Gasteiger charge is -2.36. The number of likely N-dealkylation sites (tertiary alicyclic amines) is 1. The Hall–Kier alpha value is -1.31. The minimum atomic E-state index is -1.22. The quantitative estimate of drug-likeness (QED) is 0.522. The first-order chi connectivity index (χ1) is 14.1. The Bertz CT molecular complexity index is 748. The van der Waals surface area contributed by atoms with E-state index in [1.807, 2.05) is 52.8 Å². The number of hydrogen-bond donors (Lipinski definition) is 2. The molecule has 6 nitrogen and oxygen atoms in total. The number of amides is 1. The number of rotatable bonds is 8. The first kappa shape index (κ1) is 25.9. The van der Waals surface area contributed by atoms with Gasteiger partial charge in [0.1, 0.15) is 10.3 Å². The van der Waals surface area contributed by atoms with Gasteiger partial charge >= 0.3 is 6.09 Å². The van der Waals surface area contributed by atoms with Crippen LogP contribution in [0, 0.1) is 11.3 Å². The lowest BCUT2D eigenvalue weighted by atomic mass is 9.72. The monoisotopic (exact) mass is 451 g/mol. The molecule has 7 heteroatoms. The third-order valence-electron chi connectivity index (χ3n) is 6.82. The molecule has 2 rings (SSSR count). The maximum absolute atomic E-state index is 12.9. The highest BCUT2D eigenvalue weighted by Gasteiger charge is 2.47. The van der Waals surface area contributed by atoms with E-state index in [2.05, 4.69) is 30.5 Å². The van der Waals surface area contributed by atoms with Gasteiger partial charge in [-0.2, -0.15) is 0 Å². The van der Waals surface area contributed by atoms with E-state index < -0.39 is 23.0 Å². The van der Waals surface area contributed by atoms with Gasteiger partial charge in [-0.1, -0.05) is 26.3 Å². The molecule has 1 fully saturated rings. The Morgan fingerprint density at radius 2 is 1.90 bits per heavy atom. The molecule has 31 heavy (non-hydrogen) atoms. The zero-order valence-electron chi connectivity index (χ0n) is 20.5. The van der Waals surface area contributed by atoms with E-state index in [1.165, 1.54) is 0 Å². The summed E-state index contributed by atoms with van der Waals surface area (Å²) in [6.07, 6.45) is 4.51. The molecule has 0 aliphatic carbocycles. The summed E-state index contributed by atoms with van der Waals surface area (Å²) in [7, 11) is 0. The number of pyridine rings is 1. The van der Waals surface area contributed by atoms with Crippen LogP contribution in [0.5, 0.6) is 0 Å². The summed E-state index contributed by atoms with van der Waals surface area (Å²) < 4.78 is 15.9. The fourth-order valence-electron chi connectivity index (χ4n) is 4.49. The number of carbonyl (C=O) groups is 1. The van der Waals surface area contributed by atoms with Crippen LogP contribution in [0.4, 0.5) is 4.79 Å². The summed E-state index contributed by atoms with van der Waals surface area (Å²) in [4.78, 5) is 17.8. The van der Waals surface area contributed by atoms with Crippen molar-refractivity contribution < 1.29 is 14.5 Å². The van der Waals surface area contributed by atoms with Crippen LogP contribution in [0.1, 0.15) is 86.8 Å². The van der Waals surface area contributed by atoms with Gasteiger partial charge in [-0.15, -0.1) is 4.72 Å². The molecule has 1 aliphatic heterocycles. The van der Waals surface area contributed by atoms with Crippen molar-refractivity contribution in [3.63, 3.8) is 0 Å². The minimum Gasteiger partial charge on any atom is -0.598 e. The predicted octanol–water partition coefficient (Wildman–Crippen LogP) is 5.32. The van der Waals surface area contributed by atoms with Crippen molar-refractivity contribution in [2.45, 2.75) is 96.9 Å². The molecule has 176 valence electrons. The fourth-order valence-corrected chi connectivity index (χ4v) is 5.41. The van der Waals surface area contributed by atoms with Crippen molar-refractivity contribution >= 4 is 17.5 Å². The van der Waals surface area contributed by atoms with Gasteiger partial charge in [0.2, 0.25) is 0 Å². The van der Waals surface area contributed by atoms with Crippen LogP contribution < -0.4 is 4.72 Å². The van der Waals surface area contributed by atoms with Crippen molar-refractivity contribution in [3.05, 3.63) is 30.1 Å². The van der Waals surface area contributed by atoms with Crippen molar-refractivity contribution in [1.82, 2.24) is 14.6 Å². The van der Waals surface area contributed by atoms with Gasteiger partial charge in [0, 0.05) is 29.6 Å². The van der Waals surface area contributed by atoms with Crippen LogP contribution in [-0.2, 0) is 16.9 Å². The second-order valence-corrected chi connectivity index (χ2v) is 13.4. The van der Waals surface area contributed by atoms with Crippen LogP contribution in [0.3, 0.4) is 0 Å². The number of aromatic nitrogens is 1. The summed E-state index contributed by atoms with van der Waals surface area (Å²) in [5.74, 6) is 0.316. The fraction of sp³-hybridized carbons (Fsp3) is 0.750. The number of carboxylic acid groups (broad SMARTS) is 1. The molecule has 1 saturated heterocycles. The zero-order chi connectivity index (χ0) is 23.7. The molecule has 0 radical (unpaired) electrons. The van der Waals surface area contributed by atoms with E-state index in [0.717, 1.165) is 31.4 Å². The van der Waals surface area contributed by atoms with Crippen LogP contribution >= 0.6 is 0 Å². The van der Waals surface area contributed by atoms with Crippen LogP contribution in [0.15, 0.2) is 24.4 Å². The first-order valence-electron chi connectivity index (χ1n) is 11.2. The summed E-state index contributed by atoms with van der Waals surface area (Å²) in [5, 5.41) is 9.57. The molecule has 1 amide bonds. The maximum atomic E-state index is 12.9. The molecule has 0 aromatic carbocycles. The van der Waals surface area contributed by atoms with Gasteiger partial charge in [0.25, 0.3) is 0 Å². The summed E-state index contributed by atoms with van der Waals surface area (Å²) in [6.45, 7) is 17.1. The van der Waals surface area contributed by atoms with Gasteiger partial charge in [0.15, 0.2) is 0 Å². The molecule has 0 bridgehead atoms. The summed E-state index contributed by atoms with van der Waals surface area (Å²) >= 11 is -1.22. The third-order valence-corrected chi connectivity index (χ3v) is 8.57. The second kappa shape index (κ2) is 9.28. The Kier molecular flexibility index (Phi) is 7.77. The van der Waals surface area contributed by atoms with Crippen LogP contribution in [0.25, 0.3) is 0 Å². The lowest BCUT2D eigenvalue weighted by molar-refractivity contribution is 0.115. The van der Waals surface area contributed by atoms with Gasteiger partial charge < -0.3 is 14.6 Å². The highest BCUT2D eigenvalue weighted by molar-refractivity contribution is 7.90. The molecule has 3 atom stereocenters. The highest BCUT2D eigenvalue weighted by atomic mass is 32.2. The number of hydrogen-bond acceptors (Lipinski definition) is 4. The van der Waals surface area contributed by atoms with Crippen LogP contribution in [0.2, 0.25) is 0 Å². The first-order valence-corrected chi connectivity index (χ1v) is 12.4. The average molecular weight is 452 g/mol. The molecule has 2 unspecified atom stereocenters. The number of nitrogens with one attached hydrogen (secondary N) is 1. The van der Waals surface area contributed by atoms with E-state index in [-0.39, 0.29) is 15.7 Å². The Labute approximate surface area is 191 Å². The molecule has 1 aliphatic rings. The molecule has 0 saturated carbocycles. The van der Waals surface area contributed by atoms with Crippen molar-refractivity contribution in [1.29, 1.82) is 0 Å². The van der Waals surface area contributed by atoms with Gasteiger partial charge in [0.05, 0.1) is 5.69 Å². The normalized spacial score (nSPS) is 22.2. The van der Waals surface area contributed by atoms with Gasteiger partial charge in [-0.05, 0) is 84.3 Å². The molecular formula is C24H41N3O3S. The van der Waals surface area contributed by atoms with Crippen molar-refractivity contribution in [3.8, 4) is 0 Å². The van der Waals surface area contributed by atoms with Crippen molar-refractivity contribution in [2.24, 2.45) is 11.3 Å². The van der Waals surface area contributed by atoms with Crippen LogP contribution in [-0.4, -0.2) is 42.5 Å². The Morgan fingerprint density at radius 1 is 1.26 bits per heavy atom. The lowest BCUT2D eigenvalue weighted by Crippen LogP contribution is -2.50. The Balaban J connectivity index is 2.10. The van der Waals surface area contributed by atoms with Gasteiger partial charge in [-0.25, -0.2) is 4.79 Å². The molecular weight excluding hydrogens is 410 g/mol. The second-order valence-electron chi connectivity index (χ2n) is 11.5. The molecule has 2 N–H and O–H groups in total. The Morgan fingerprint density at radius 3 is 2.39 bits per heavy atom. The van der Waals surface area contributed by atoms with E-state index in [0.29, 0.717) is 12.5 Å². The molecule has 1 aromatic rings.